The van der Waals surface area contributed by atoms with E-state index >= 15 is 0 Å². The van der Waals surface area contributed by atoms with Crippen molar-refractivity contribution in [3.05, 3.63) is 120 Å². The third-order valence-corrected chi connectivity index (χ3v) is 12.7. The Morgan fingerprint density at radius 3 is 1.51 bits per heavy atom. The first-order valence-corrected chi connectivity index (χ1v) is 21.5. The maximum absolute atomic E-state index is 14.2. The number of benzene rings is 4. The predicted octanol–water partition coefficient (Wildman–Crippen LogP) is 7.37. The van der Waals surface area contributed by atoms with Gasteiger partial charge in [0.15, 0.2) is 0 Å². The number of amides is 4. The SMILES string of the molecule is O=C(Nc1ccc2[nH]c(-c3ccc(NC(=O)[C@@H]4CCCN4C(=O)[C@@H](c4ccccc4)N4CCCC4)cc3)cc2c1)C1CCCN1C(=O)[C@@H](c1ccccc1)N1CCCC1. The first kappa shape index (κ1) is 38.7. The molecule has 0 saturated carbocycles. The van der Waals surface area contributed by atoms with Gasteiger partial charge in [-0.05, 0) is 131 Å². The third-order valence-electron chi connectivity index (χ3n) is 12.7. The Kier molecular flexibility index (Phi) is 11.3. The van der Waals surface area contributed by atoms with Crippen molar-refractivity contribution in [2.24, 2.45) is 0 Å². The number of likely N-dealkylation sites (tertiary alicyclic amines) is 4. The Hall–Kier alpha value is -5.78. The van der Waals surface area contributed by atoms with Crippen molar-refractivity contribution >= 4 is 45.9 Å². The van der Waals surface area contributed by atoms with Crippen molar-refractivity contribution in [1.82, 2.24) is 24.6 Å². The lowest BCUT2D eigenvalue weighted by molar-refractivity contribution is -0.141. The molecule has 4 aromatic carbocycles. The Morgan fingerprint density at radius 1 is 0.525 bits per heavy atom. The van der Waals surface area contributed by atoms with Crippen LogP contribution in [0.5, 0.6) is 0 Å². The van der Waals surface area contributed by atoms with Crippen molar-refractivity contribution in [2.45, 2.75) is 75.5 Å². The van der Waals surface area contributed by atoms with Crippen LogP contribution in [0.15, 0.2) is 109 Å². The number of rotatable bonds is 11. The number of hydrogen-bond acceptors (Lipinski definition) is 6. The molecule has 59 heavy (non-hydrogen) atoms. The van der Waals surface area contributed by atoms with Gasteiger partial charge in [0.1, 0.15) is 24.2 Å². The summed E-state index contributed by atoms with van der Waals surface area (Å²) in [5.41, 5.74) is 6.10. The number of nitrogens with one attached hydrogen (secondary N) is 3. The van der Waals surface area contributed by atoms with Gasteiger partial charge in [-0.25, -0.2) is 0 Å². The third kappa shape index (κ3) is 8.14. The monoisotopic (exact) mass is 791 g/mol. The summed E-state index contributed by atoms with van der Waals surface area (Å²) in [5.74, 6) is -0.310. The minimum atomic E-state index is -0.522. The highest BCUT2D eigenvalue weighted by Crippen LogP contribution is 2.34. The Balaban J connectivity index is 0.843. The second-order valence-electron chi connectivity index (χ2n) is 16.5. The zero-order valence-corrected chi connectivity index (χ0v) is 33.5. The van der Waals surface area contributed by atoms with Crippen molar-refractivity contribution < 1.29 is 19.2 Å². The smallest absolute Gasteiger partial charge is 0.247 e. The summed E-state index contributed by atoms with van der Waals surface area (Å²) in [6.07, 6.45) is 7.17. The van der Waals surface area contributed by atoms with Gasteiger partial charge in [0, 0.05) is 41.1 Å². The maximum Gasteiger partial charge on any atom is 0.247 e. The molecule has 4 aliphatic rings. The van der Waals surface area contributed by atoms with Gasteiger partial charge in [-0.15, -0.1) is 0 Å². The molecule has 0 spiro atoms. The largest absolute Gasteiger partial charge is 0.355 e. The number of H-pyrrole nitrogens is 1. The zero-order valence-electron chi connectivity index (χ0n) is 33.5. The quantitative estimate of drug-likeness (QED) is 0.129. The van der Waals surface area contributed by atoms with Gasteiger partial charge < -0.3 is 25.4 Å². The van der Waals surface area contributed by atoms with E-state index in [0.717, 1.165) is 98.0 Å². The van der Waals surface area contributed by atoms with E-state index in [-0.39, 0.29) is 35.7 Å². The van der Waals surface area contributed by atoms with Crippen LogP contribution >= 0.6 is 0 Å². The molecule has 0 bridgehead atoms. The Labute approximate surface area is 345 Å². The molecule has 4 fully saturated rings. The molecular weight excluding hydrogens is 739 g/mol. The Bertz CT molecular complexity index is 2280. The molecule has 9 rings (SSSR count). The van der Waals surface area contributed by atoms with Crippen molar-refractivity contribution in [3.8, 4) is 11.3 Å². The van der Waals surface area contributed by atoms with Crippen LogP contribution in [-0.4, -0.2) is 99.6 Å². The van der Waals surface area contributed by atoms with E-state index in [1.165, 1.54) is 0 Å². The fourth-order valence-corrected chi connectivity index (χ4v) is 9.76. The maximum atomic E-state index is 14.2. The molecule has 0 aliphatic carbocycles. The lowest BCUT2D eigenvalue weighted by atomic mass is 10.0. The van der Waals surface area contributed by atoms with Crippen LogP contribution in [0.2, 0.25) is 0 Å². The summed E-state index contributed by atoms with van der Waals surface area (Å²) in [5, 5.41) is 7.15. The van der Waals surface area contributed by atoms with Gasteiger partial charge >= 0.3 is 0 Å². The molecule has 4 atom stereocenters. The van der Waals surface area contributed by atoms with E-state index in [2.05, 4.69) is 31.5 Å². The number of anilines is 2. The molecule has 4 aliphatic heterocycles. The molecule has 5 heterocycles. The van der Waals surface area contributed by atoms with E-state index in [1.54, 1.807) is 9.80 Å². The number of carbonyl (C=O) groups excluding carboxylic acids is 4. The highest BCUT2D eigenvalue weighted by Gasteiger charge is 2.42. The molecule has 1 unspecified atom stereocenters. The van der Waals surface area contributed by atoms with Gasteiger partial charge in [0.2, 0.25) is 23.6 Å². The molecule has 11 nitrogen and oxygen atoms in total. The van der Waals surface area contributed by atoms with Crippen LogP contribution in [-0.2, 0) is 19.2 Å². The average Bonchev–Trinajstić information content (AvgIpc) is 4.12. The first-order chi connectivity index (χ1) is 28.9. The van der Waals surface area contributed by atoms with Crippen LogP contribution in [0, 0.1) is 0 Å². The van der Waals surface area contributed by atoms with E-state index in [9.17, 15) is 19.2 Å². The van der Waals surface area contributed by atoms with E-state index < -0.39 is 12.1 Å². The molecule has 304 valence electrons. The highest BCUT2D eigenvalue weighted by molar-refractivity contribution is 6.01. The van der Waals surface area contributed by atoms with Crippen LogP contribution in [0.3, 0.4) is 0 Å². The topological polar surface area (TPSA) is 121 Å². The summed E-state index contributed by atoms with van der Waals surface area (Å²) < 4.78 is 0. The Morgan fingerprint density at radius 2 is 1.00 bits per heavy atom. The van der Waals surface area contributed by atoms with Crippen molar-refractivity contribution in [2.75, 3.05) is 49.9 Å². The van der Waals surface area contributed by atoms with Crippen LogP contribution in [0.1, 0.15) is 74.6 Å². The van der Waals surface area contributed by atoms with E-state index in [4.69, 9.17) is 0 Å². The molecule has 3 N–H and O–H groups in total. The van der Waals surface area contributed by atoms with Crippen LogP contribution in [0.25, 0.3) is 22.2 Å². The number of aromatic nitrogens is 1. The fourth-order valence-electron chi connectivity index (χ4n) is 9.76. The number of nitrogens with zero attached hydrogens (tertiary/aromatic N) is 4. The second-order valence-corrected chi connectivity index (χ2v) is 16.5. The summed E-state index contributed by atoms with van der Waals surface area (Å²) >= 11 is 0. The standard InChI is InChI=1S/C48H53N7O4/c56-45(41-17-11-29-54(41)47(58)43(52-25-7-8-26-52)34-13-3-1-4-14-34)49-37-21-19-33(20-22-37)40-32-36-31-38(23-24-39(36)51-40)50-46(57)42-18-12-30-55(42)48(59)44(53-27-9-10-28-53)35-15-5-2-6-16-35/h1-6,13-16,19-24,31-32,41-44,51H,7-12,17-18,25-30H2,(H,49,56)(H,50,57)/t41-,42?,43+,44+/m0/s1. The lowest BCUT2D eigenvalue weighted by Crippen LogP contribution is -2.48. The number of fused-ring (bicyclic) bond motifs is 1. The molecule has 4 amide bonds. The minimum Gasteiger partial charge on any atom is -0.355 e. The van der Waals surface area contributed by atoms with Gasteiger partial charge in [-0.3, -0.25) is 29.0 Å². The van der Waals surface area contributed by atoms with Crippen molar-refractivity contribution in [3.63, 3.8) is 0 Å². The molecule has 4 saturated heterocycles. The normalized spacial score (nSPS) is 20.9. The lowest BCUT2D eigenvalue weighted by Gasteiger charge is -2.33. The number of aromatic amines is 1. The molecular formula is C48H53N7O4. The number of carbonyl (C=O) groups is 4. The van der Waals surface area contributed by atoms with E-state index in [0.29, 0.717) is 37.3 Å². The summed E-state index contributed by atoms with van der Waals surface area (Å²) in [6, 6.07) is 33.7. The van der Waals surface area contributed by atoms with Crippen molar-refractivity contribution in [1.29, 1.82) is 0 Å². The fraction of sp³-hybridized carbons (Fsp3) is 0.375. The second kappa shape index (κ2) is 17.2. The van der Waals surface area contributed by atoms with Gasteiger partial charge in [0.05, 0.1) is 0 Å². The van der Waals surface area contributed by atoms with Crippen LogP contribution < -0.4 is 10.6 Å². The zero-order chi connectivity index (χ0) is 40.3. The molecule has 11 heteroatoms. The van der Waals surface area contributed by atoms with Crippen LogP contribution in [0.4, 0.5) is 11.4 Å². The molecule has 0 radical (unpaired) electrons. The predicted molar refractivity (Wildman–Crippen MR) is 230 cm³/mol. The average molecular weight is 792 g/mol. The summed E-state index contributed by atoms with van der Waals surface area (Å²) in [6.45, 7) is 4.68. The molecule has 5 aromatic rings. The molecule has 1 aromatic heterocycles. The number of hydrogen-bond donors (Lipinski definition) is 3. The van der Waals surface area contributed by atoms with Gasteiger partial charge in [-0.2, -0.15) is 0 Å². The minimum absolute atomic E-state index is 0.00701. The first-order valence-electron chi connectivity index (χ1n) is 21.5. The highest BCUT2D eigenvalue weighted by atomic mass is 16.2. The van der Waals surface area contributed by atoms with E-state index in [1.807, 2.05) is 103 Å². The van der Waals surface area contributed by atoms with Gasteiger partial charge in [0.25, 0.3) is 0 Å². The van der Waals surface area contributed by atoms with Gasteiger partial charge in [-0.1, -0.05) is 72.8 Å². The summed E-state index contributed by atoms with van der Waals surface area (Å²) in [7, 11) is 0. The summed E-state index contributed by atoms with van der Waals surface area (Å²) in [4.78, 5) is 67.3.